The monoisotopic (exact) mass is 621 g/mol. The standard InChI is InChI=1S/C24H21I2N3O/c1-2-16-3-5-17(6-4-16)15-27-28-24(30)11-12-29-22-9-7-18(25)13-20(22)21-14-19(26)8-10-23(21)29/h3-10,13-15H,2,11-12H2,1H3,(H,28,30)/b27-15+. The second-order valence-corrected chi connectivity index (χ2v) is 9.60. The molecule has 1 amide bonds. The van der Waals surface area contributed by atoms with Crippen LogP contribution in [0.2, 0.25) is 0 Å². The molecule has 30 heavy (non-hydrogen) atoms. The van der Waals surface area contributed by atoms with E-state index in [2.05, 4.69) is 116 Å². The maximum Gasteiger partial charge on any atom is 0.241 e. The molecule has 1 aromatic heterocycles. The molecule has 0 saturated carbocycles. The molecule has 0 aliphatic rings. The van der Waals surface area contributed by atoms with Gasteiger partial charge < -0.3 is 4.57 Å². The lowest BCUT2D eigenvalue weighted by Gasteiger charge is -2.07. The van der Waals surface area contributed by atoms with Gasteiger partial charge in [0.25, 0.3) is 0 Å². The first-order chi connectivity index (χ1) is 14.5. The molecule has 0 radical (unpaired) electrons. The van der Waals surface area contributed by atoms with Crippen LogP contribution in [0.4, 0.5) is 0 Å². The molecule has 0 atom stereocenters. The van der Waals surface area contributed by atoms with E-state index >= 15 is 0 Å². The lowest BCUT2D eigenvalue weighted by atomic mass is 10.1. The van der Waals surface area contributed by atoms with Crippen molar-refractivity contribution >= 4 is 79.1 Å². The Balaban J connectivity index is 1.48. The average molecular weight is 621 g/mol. The van der Waals surface area contributed by atoms with E-state index < -0.39 is 0 Å². The molecule has 0 fully saturated rings. The van der Waals surface area contributed by atoms with Crippen molar-refractivity contribution in [2.45, 2.75) is 26.3 Å². The molecular formula is C24H21I2N3O. The molecule has 6 heteroatoms. The third kappa shape index (κ3) is 4.69. The summed E-state index contributed by atoms with van der Waals surface area (Å²) in [6.45, 7) is 2.73. The third-order valence-electron chi connectivity index (χ3n) is 5.14. The zero-order valence-electron chi connectivity index (χ0n) is 16.5. The van der Waals surface area contributed by atoms with Crippen LogP contribution >= 0.6 is 45.2 Å². The van der Waals surface area contributed by atoms with Crippen molar-refractivity contribution in [2.24, 2.45) is 5.10 Å². The van der Waals surface area contributed by atoms with E-state index in [1.165, 1.54) is 23.5 Å². The van der Waals surface area contributed by atoms with Gasteiger partial charge in [0.2, 0.25) is 5.91 Å². The number of halogens is 2. The number of carbonyl (C=O) groups excluding carboxylic acids is 1. The van der Waals surface area contributed by atoms with Gasteiger partial charge in [-0.1, -0.05) is 31.2 Å². The van der Waals surface area contributed by atoms with Crippen LogP contribution in [0.1, 0.15) is 24.5 Å². The Morgan fingerprint density at radius 2 is 1.57 bits per heavy atom. The Kier molecular flexibility index (Phi) is 6.72. The Hall–Kier alpha value is -1.94. The van der Waals surface area contributed by atoms with Crippen LogP contribution in [0.3, 0.4) is 0 Å². The Bertz CT molecular complexity index is 1180. The van der Waals surface area contributed by atoms with Crippen LogP contribution in [-0.4, -0.2) is 16.7 Å². The normalized spacial score (nSPS) is 11.6. The number of benzene rings is 3. The molecule has 3 aromatic carbocycles. The highest BCUT2D eigenvalue weighted by molar-refractivity contribution is 14.1. The summed E-state index contributed by atoms with van der Waals surface area (Å²) in [5.74, 6) is -0.0950. The summed E-state index contributed by atoms with van der Waals surface area (Å²) in [5, 5.41) is 6.56. The summed E-state index contributed by atoms with van der Waals surface area (Å²) in [6, 6.07) is 21.1. The fourth-order valence-corrected chi connectivity index (χ4v) is 4.56. The minimum Gasteiger partial charge on any atom is -0.340 e. The summed E-state index contributed by atoms with van der Waals surface area (Å²) in [5.41, 5.74) is 7.21. The van der Waals surface area contributed by atoms with Gasteiger partial charge in [-0.25, -0.2) is 5.43 Å². The van der Waals surface area contributed by atoms with Gasteiger partial charge in [-0.2, -0.15) is 5.10 Å². The summed E-state index contributed by atoms with van der Waals surface area (Å²) >= 11 is 4.69. The predicted octanol–water partition coefficient (Wildman–Crippen LogP) is 6.11. The number of fused-ring (bicyclic) bond motifs is 3. The molecule has 1 N–H and O–H groups in total. The summed E-state index contributed by atoms with van der Waals surface area (Å²) < 4.78 is 4.64. The van der Waals surface area contributed by atoms with E-state index in [1.54, 1.807) is 6.21 Å². The molecule has 0 unspecified atom stereocenters. The zero-order chi connectivity index (χ0) is 21.1. The number of hydrogen-bond donors (Lipinski definition) is 1. The summed E-state index contributed by atoms with van der Waals surface area (Å²) in [4.78, 5) is 12.4. The molecule has 1 heterocycles. The van der Waals surface area contributed by atoms with Crippen molar-refractivity contribution in [3.63, 3.8) is 0 Å². The fraction of sp³-hybridized carbons (Fsp3) is 0.167. The fourth-order valence-electron chi connectivity index (χ4n) is 3.58. The first-order valence-electron chi connectivity index (χ1n) is 9.83. The second-order valence-electron chi connectivity index (χ2n) is 7.11. The smallest absolute Gasteiger partial charge is 0.241 e. The van der Waals surface area contributed by atoms with Crippen molar-refractivity contribution in [3.8, 4) is 0 Å². The number of aromatic nitrogens is 1. The van der Waals surface area contributed by atoms with Crippen LogP contribution in [0.5, 0.6) is 0 Å². The minimum absolute atomic E-state index is 0.0950. The van der Waals surface area contributed by atoms with Crippen molar-refractivity contribution < 1.29 is 4.79 Å². The highest BCUT2D eigenvalue weighted by atomic mass is 127. The second kappa shape index (κ2) is 9.47. The topological polar surface area (TPSA) is 46.4 Å². The Morgan fingerprint density at radius 1 is 0.967 bits per heavy atom. The van der Waals surface area contributed by atoms with E-state index in [9.17, 15) is 4.79 Å². The Morgan fingerprint density at radius 3 is 2.13 bits per heavy atom. The van der Waals surface area contributed by atoms with Gasteiger partial charge >= 0.3 is 0 Å². The molecule has 0 spiro atoms. The number of carbonyl (C=O) groups is 1. The highest BCUT2D eigenvalue weighted by Gasteiger charge is 2.12. The molecule has 4 rings (SSSR count). The van der Waals surface area contributed by atoms with E-state index in [4.69, 9.17) is 0 Å². The van der Waals surface area contributed by atoms with Crippen molar-refractivity contribution in [2.75, 3.05) is 0 Å². The largest absolute Gasteiger partial charge is 0.340 e. The Labute approximate surface area is 203 Å². The SMILES string of the molecule is CCc1ccc(/C=N/NC(=O)CCn2c3ccc(I)cc3c3cc(I)ccc32)cc1. The number of amides is 1. The molecule has 4 nitrogen and oxygen atoms in total. The van der Waals surface area contributed by atoms with Crippen LogP contribution in [0, 0.1) is 7.14 Å². The number of hydrazone groups is 1. The molecule has 152 valence electrons. The molecule has 0 saturated heterocycles. The zero-order valence-corrected chi connectivity index (χ0v) is 20.8. The van der Waals surface area contributed by atoms with E-state index in [0.717, 1.165) is 23.0 Å². The van der Waals surface area contributed by atoms with Crippen LogP contribution in [-0.2, 0) is 17.8 Å². The molecular weight excluding hydrogens is 600 g/mol. The van der Waals surface area contributed by atoms with Crippen LogP contribution in [0.15, 0.2) is 65.8 Å². The molecule has 0 aliphatic carbocycles. The highest BCUT2D eigenvalue weighted by Crippen LogP contribution is 2.31. The maximum atomic E-state index is 12.4. The van der Waals surface area contributed by atoms with Gasteiger partial charge in [0.15, 0.2) is 0 Å². The first kappa shape index (κ1) is 21.3. The predicted molar refractivity (Wildman–Crippen MR) is 141 cm³/mol. The van der Waals surface area contributed by atoms with E-state index in [-0.39, 0.29) is 5.91 Å². The van der Waals surface area contributed by atoms with Crippen molar-refractivity contribution in [1.82, 2.24) is 9.99 Å². The molecule has 0 aliphatic heterocycles. The number of nitrogens with zero attached hydrogens (tertiary/aromatic N) is 2. The van der Waals surface area contributed by atoms with Gasteiger partial charge in [-0.3, -0.25) is 4.79 Å². The van der Waals surface area contributed by atoms with E-state index in [1.807, 2.05) is 12.1 Å². The van der Waals surface area contributed by atoms with E-state index in [0.29, 0.717) is 13.0 Å². The third-order valence-corrected chi connectivity index (χ3v) is 6.48. The van der Waals surface area contributed by atoms with Crippen molar-refractivity contribution in [3.05, 3.63) is 78.9 Å². The van der Waals surface area contributed by atoms with Gasteiger partial charge in [-0.05, 0) is 99.1 Å². The van der Waals surface area contributed by atoms with Gasteiger partial charge in [0, 0.05) is 41.9 Å². The maximum absolute atomic E-state index is 12.4. The number of hydrogen-bond acceptors (Lipinski definition) is 2. The average Bonchev–Trinajstić information content (AvgIpc) is 3.05. The minimum atomic E-state index is -0.0950. The first-order valence-corrected chi connectivity index (χ1v) is 12.0. The quantitative estimate of drug-likeness (QED) is 0.158. The molecule has 4 aromatic rings. The molecule has 0 bridgehead atoms. The number of rotatable bonds is 6. The van der Waals surface area contributed by atoms with Crippen LogP contribution < -0.4 is 5.43 Å². The van der Waals surface area contributed by atoms with Gasteiger partial charge in [0.1, 0.15) is 0 Å². The van der Waals surface area contributed by atoms with Crippen LogP contribution in [0.25, 0.3) is 21.8 Å². The van der Waals surface area contributed by atoms with Crippen molar-refractivity contribution in [1.29, 1.82) is 0 Å². The lowest BCUT2D eigenvalue weighted by Crippen LogP contribution is -2.19. The number of nitrogens with one attached hydrogen (secondary N) is 1. The van der Waals surface area contributed by atoms with Gasteiger partial charge in [-0.15, -0.1) is 0 Å². The lowest BCUT2D eigenvalue weighted by molar-refractivity contribution is -0.121. The summed E-state index contributed by atoms with van der Waals surface area (Å²) in [6.07, 6.45) is 3.06. The summed E-state index contributed by atoms with van der Waals surface area (Å²) in [7, 11) is 0. The number of aryl methyl sites for hydroxylation is 2. The van der Waals surface area contributed by atoms with Gasteiger partial charge in [0.05, 0.1) is 6.21 Å².